The van der Waals surface area contributed by atoms with Gasteiger partial charge in [-0.15, -0.1) is 0 Å². The fraction of sp³-hybridized carbons (Fsp3) is 0.261. The first-order valence-electron chi connectivity index (χ1n) is 9.54. The maximum absolute atomic E-state index is 12.4. The third-order valence-corrected chi connectivity index (χ3v) is 5.23. The summed E-state index contributed by atoms with van der Waals surface area (Å²) in [4.78, 5) is 39.4. The first-order chi connectivity index (χ1) is 14.1. The van der Waals surface area contributed by atoms with Gasteiger partial charge in [0, 0.05) is 37.1 Å². The molecule has 0 aliphatic heterocycles. The van der Waals surface area contributed by atoms with Gasteiger partial charge in [0.2, 0.25) is 0 Å². The van der Waals surface area contributed by atoms with Crippen molar-refractivity contribution >= 4 is 17.2 Å². The van der Waals surface area contributed by atoms with Crippen LogP contribution in [0.2, 0.25) is 5.02 Å². The van der Waals surface area contributed by atoms with E-state index in [0.717, 1.165) is 10.1 Å². The predicted molar refractivity (Wildman–Crippen MR) is 120 cm³/mol. The number of aryl methyl sites for hydroxylation is 1. The molecule has 3 rings (SSSR count). The second kappa shape index (κ2) is 8.32. The topological polar surface area (TPSA) is 76.9 Å². The standard InChI is InChI=1S/C23H24ClN3O3/c1-23(2,3)16-7-5-15(6-8-16)17(19-10-9-18(24)21(29)25-19)11-14-27-20(28)12-13-26(4)22(27)30/h5-13H,14H2,1-4H3,(H,25,29). The number of aromatic nitrogens is 3. The molecule has 0 unspecified atom stereocenters. The van der Waals surface area contributed by atoms with Crippen molar-refractivity contribution in [3.63, 3.8) is 0 Å². The Bertz CT molecular complexity index is 1270. The summed E-state index contributed by atoms with van der Waals surface area (Å²) in [5, 5.41) is 0.0920. The van der Waals surface area contributed by atoms with E-state index in [2.05, 4.69) is 25.8 Å². The van der Waals surface area contributed by atoms with Crippen molar-refractivity contribution in [2.75, 3.05) is 0 Å². The van der Waals surface area contributed by atoms with Crippen molar-refractivity contribution in [2.45, 2.75) is 32.7 Å². The molecule has 0 atom stereocenters. The quantitative estimate of drug-likeness (QED) is 0.696. The molecule has 0 aliphatic rings. The molecule has 1 aromatic carbocycles. The number of halogens is 1. The molecule has 1 N–H and O–H groups in total. The van der Waals surface area contributed by atoms with Gasteiger partial charge in [-0.3, -0.25) is 14.2 Å². The molecular weight excluding hydrogens is 402 g/mol. The van der Waals surface area contributed by atoms with E-state index in [-0.39, 0.29) is 22.5 Å². The maximum Gasteiger partial charge on any atom is 0.330 e. The van der Waals surface area contributed by atoms with E-state index in [9.17, 15) is 14.4 Å². The third kappa shape index (κ3) is 4.54. The van der Waals surface area contributed by atoms with Crippen molar-refractivity contribution in [3.8, 4) is 0 Å². The molecule has 2 heterocycles. The smallest absolute Gasteiger partial charge is 0.321 e. The van der Waals surface area contributed by atoms with Gasteiger partial charge in [-0.2, -0.15) is 0 Å². The molecule has 156 valence electrons. The number of allylic oxidation sites excluding steroid dienone is 1. The van der Waals surface area contributed by atoms with Crippen molar-refractivity contribution in [1.82, 2.24) is 14.1 Å². The van der Waals surface area contributed by atoms with E-state index in [4.69, 9.17) is 11.6 Å². The molecule has 3 aromatic rings. The van der Waals surface area contributed by atoms with E-state index in [1.807, 2.05) is 24.3 Å². The maximum atomic E-state index is 12.4. The number of nitrogens with one attached hydrogen (secondary N) is 1. The Morgan fingerprint density at radius 2 is 1.70 bits per heavy atom. The van der Waals surface area contributed by atoms with Crippen LogP contribution >= 0.6 is 11.6 Å². The Morgan fingerprint density at radius 1 is 1.03 bits per heavy atom. The van der Waals surface area contributed by atoms with Crippen LogP contribution in [0.15, 0.2) is 69.1 Å². The van der Waals surface area contributed by atoms with Crippen molar-refractivity contribution in [1.29, 1.82) is 0 Å². The van der Waals surface area contributed by atoms with E-state index in [0.29, 0.717) is 11.3 Å². The van der Waals surface area contributed by atoms with Gasteiger partial charge < -0.3 is 9.55 Å². The van der Waals surface area contributed by atoms with Gasteiger partial charge in [-0.1, -0.05) is 62.7 Å². The summed E-state index contributed by atoms with van der Waals surface area (Å²) in [5.41, 5.74) is 2.06. The average Bonchev–Trinajstić information content (AvgIpc) is 2.69. The van der Waals surface area contributed by atoms with E-state index >= 15 is 0 Å². The van der Waals surface area contributed by atoms with Crippen LogP contribution in [-0.2, 0) is 19.0 Å². The Balaban J connectivity index is 2.13. The SMILES string of the molecule is Cn1ccc(=O)n(CC=C(c2ccc(C(C)(C)C)cc2)c2ccc(Cl)c(=O)[nH]2)c1=O. The first-order valence-corrected chi connectivity index (χ1v) is 9.92. The predicted octanol–water partition coefficient (Wildman–Crippen LogP) is 3.32. The minimum atomic E-state index is -0.411. The van der Waals surface area contributed by atoms with Gasteiger partial charge in [-0.25, -0.2) is 4.79 Å². The van der Waals surface area contributed by atoms with E-state index in [1.165, 1.54) is 28.5 Å². The Hall–Kier alpha value is -3.12. The van der Waals surface area contributed by atoms with Crippen LogP contribution in [-0.4, -0.2) is 14.1 Å². The average molecular weight is 426 g/mol. The minimum Gasteiger partial charge on any atom is -0.321 e. The lowest BCUT2D eigenvalue weighted by Gasteiger charge is -2.19. The molecule has 0 saturated heterocycles. The summed E-state index contributed by atoms with van der Waals surface area (Å²) >= 11 is 5.88. The molecule has 0 fully saturated rings. The number of benzene rings is 1. The molecule has 6 nitrogen and oxygen atoms in total. The number of H-pyrrole nitrogens is 1. The van der Waals surface area contributed by atoms with Gasteiger partial charge in [0.25, 0.3) is 11.1 Å². The monoisotopic (exact) mass is 425 g/mol. The Kier molecular flexibility index (Phi) is 5.99. The Morgan fingerprint density at radius 3 is 2.30 bits per heavy atom. The van der Waals surface area contributed by atoms with Crippen LogP contribution < -0.4 is 16.8 Å². The first kappa shape index (κ1) is 21.6. The molecule has 0 amide bonds. The van der Waals surface area contributed by atoms with Crippen LogP contribution in [0.25, 0.3) is 5.57 Å². The molecule has 30 heavy (non-hydrogen) atoms. The van der Waals surface area contributed by atoms with Crippen molar-refractivity contribution < 1.29 is 0 Å². The van der Waals surface area contributed by atoms with Gasteiger partial charge in [-0.05, 0) is 28.7 Å². The van der Waals surface area contributed by atoms with Crippen molar-refractivity contribution in [2.24, 2.45) is 7.05 Å². The number of nitrogens with zero attached hydrogens (tertiary/aromatic N) is 2. The lowest BCUT2D eigenvalue weighted by Crippen LogP contribution is -2.37. The highest BCUT2D eigenvalue weighted by Gasteiger charge is 2.15. The summed E-state index contributed by atoms with van der Waals surface area (Å²) in [6.45, 7) is 6.46. The molecule has 7 heteroatoms. The number of pyridine rings is 1. The van der Waals surface area contributed by atoms with Crippen LogP contribution in [0.4, 0.5) is 0 Å². The van der Waals surface area contributed by atoms with Crippen LogP contribution in [0.1, 0.15) is 37.6 Å². The largest absolute Gasteiger partial charge is 0.330 e. The van der Waals surface area contributed by atoms with Gasteiger partial charge in [0.05, 0.1) is 0 Å². The van der Waals surface area contributed by atoms with Gasteiger partial charge in [0.15, 0.2) is 0 Å². The van der Waals surface area contributed by atoms with Gasteiger partial charge in [0.1, 0.15) is 5.02 Å². The zero-order chi connectivity index (χ0) is 22.1. The number of hydrogen-bond donors (Lipinski definition) is 1. The normalized spacial score (nSPS) is 12.2. The summed E-state index contributed by atoms with van der Waals surface area (Å²) in [6, 6.07) is 12.6. The fourth-order valence-electron chi connectivity index (χ4n) is 3.11. The zero-order valence-corrected chi connectivity index (χ0v) is 18.2. The van der Waals surface area contributed by atoms with Crippen molar-refractivity contribution in [3.05, 3.63) is 108 Å². The van der Waals surface area contributed by atoms with Crippen LogP contribution in [0.3, 0.4) is 0 Å². The number of aromatic amines is 1. The van der Waals surface area contributed by atoms with E-state index < -0.39 is 11.2 Å². The minimum absolute atomic E-state index is 0.000547. The summed E-state index contributed by atoms with van der Waals surface area (Å²) in [5.74, 6) is 0. The molecule has 2 aromatic heterocycles. The lowest BCUT2D eigenvalue weighted by molar-refractivity contribution is 0.590. The van der Waals surface area contributed by atoms with E-state index in [1.54, 1.807) is 19.2 Å². The second-order valence-corrected chi connectivity index (χ2v) is 8.56. The zero-order valence-electron chi connectivity index (χ0n) is 17.4. The lowest BCUT2D eigenvalue weighted by atomic mass is 9.86. The second-order valence-electron chi connectivity index (χ2n) is 8.15. The Labute approximate surface area is 179 Å². The highest BCUT2D eigenvalue weighted by Crippen LogP contribution is 2.27. The highest BCUT2D eigenvalue weighted by molar-refractivity contribution is 6.30. The molecule has 0 saturated carbocycles. The molecular formula is C23H24ClN3O3. The summed E-state index contributed by atoms with van der Waals surface area (Å²) < 4.78 is 2.48. The molecule has 0 aliphatic carbocycles. The summed E-state index contributed by atoms with van der Waals surface area (Å²) in [7, 11) is 1.59. The number of rotatable bonds is 4. The fourth-order valence-corrected chi connectivity index (χ4v) is 3.22. The van der Waals surface area contributed by atoms with Gasteiger partial charge >= 0.3 is 5.69 Å². The third-order valence-electron chi connectivity index (χ3n) is 4.93. The molecule has 0 bridgehead atoms. The van der Waals surface area contributed by atoms with Crippen LogP contribution in [0, 0.1) is 0 Å². The molecule has 0 radical (unpaired) electrons. The molecule has 0 spiro atoms. The highest BCUT2D eigenvalue weighted by atomic mass is 35.5. The number of hydrogen-bond acceptors (Lipinski definition) is 3. The summed E-state index contributed by atoms with van der Waals surface area (Å²) in [6.07, 6.45) is 3.20. The van der Waals surface area contributed by atoms with Crippen LogP contribution in [0.5, 0.6) is 0 Å².